The zero-order valence-corrected chi connectivity index (χ0v) is 22.0. The van der Waals surface area contributed by atoms with Crippen LogP contribution in [0.4, 0.5) is 4.79 Å². The lowest BCUT2D eigenvalue weighted by molar-refractivity contribution is 0.0544. The van der Waals surface area contributed by atoms with Crippen LogP contribution in [0.5, 0.6) is 5.75 Å². The lowest BCUT2D eigenvalue weighted by Crippen LogP contribution is -2.26. The van der Waals surface area contributed by atoms with E-state index in [2.05, 4.69) is 4.98 Å². The number of carbonyl (C=O) groups excluding carboxylic acids is 1. The third-order valence-electron chi connectivity index (χ3n) is 5.96. The summed E-state index contributed by atoms with van der Waals surface area (Å²) in [6, 6.07) is 17.3. The van der Waals surface area contributed by atoms with E-state index in [0.717, 1.165) is 5.56 Å². The van der Waals surface area contributed by atoms with Crippen LogP contribution in [0.2, 0.25) is 0 Å². The summed E-state index contributed by atoms with van der Waals surface area (Å²) in [4.78, 5) is 17.7. The molecular formula is C28H27N3O5S. The van der Waals surface area contributed by atoms with Crippen molar-refractivity contribution in [3.8, 4) is 17.0 Å². The highest BCUT2D eigenvalue weighted by molar-refractivity contribution is 7.90. The van der Waals surface area contributed by atoms with Crippen molar-refractivity contribution < 1.29 is 22.7 Å². The zero-order valence-electron chi connectivity index (χ0n) is 21.2. The molecule has 3 heterocycles. The molecule has 8 nitrogen and oxygen atoms in total. The first-order valence-corrected chi connectivity index (χ1v) is 13.2. The number of carbonyl (C=O) groups is 1. The fourth-order valence-electron chi connectivity index (χ4n) is 4.26. The molecule has 0 spiro atoms. The maximum Gasteiger partial charge on any atom is 0.419 e. The van der Waals surface area contributed by atoms with Gasteiger partial charge in [0.15, 0.2) is 5.65 Å². The zero-order chi connectivity index (χ0) is 26.5. The second-order valence-corrected chi connectivity index (χ2v) is 11.6. The summed E-state index contributed by atoms with van der Waals surface area (Å²) >= 11 is 0. The fraction of sp³-hybridized carbons (Fsp3) is 0.214. The Morgan fingerprint density at radius 2 is 1.73 bits per heavy atom. The molecule has 0 unspecified atom stereocenters. The average Bonchev–Trinajstić information content (AvgIpc) is 3.42. The van der Waals surface area contributed by atoms with Gasteiger partial charge in [0.05, 0.1) is 23.2 Å². The Morgan fingerprint density at radius 3 is 2.41 bits per heavy atom. The average molecular weight is 518 g/mol. The molecule has 2 aromatic carbocycles. The highest BCUT2D eigenvalue weighted by Gasteiger charge is 2.28. The van der Waals surface area contributed by atoms with E-state index in [0.29, 0.717) is 38.9 Å². The van der Waals surface area contributed by atoms with E-state index in [1.165, 1.54) is 8.54 Å². The first kappa shape index (κ1) is 24.6. The molecule has 3 aromatic heterocycles. The molecular weight excluding hydrogens is 490 g/mol. The van der Waals surface area contributed by atoms with Gasteiger partial charge in [0.25, 0.3) is 10.0 Å². The molecule has 0 aliphatic carbocycles. The third kappa shape index (κ3) is 4.35. The lowest BCUT2D eigenvalue weighted by atomic mass is 10.1. The Morgan fingerprint density at radius 1 is 1.00 bits per heavy atom. The fourth-order valence-corrected chi connectivity index (χ4v) is 5.74. The van der Waals surface area contributed by atoms with Crippen LogP contribution in [0.15, 0.2) is 78.0 Å². The standard InChI is InChI=1S/C28H27N3O5S/c1-18-8-11-21(12-9-18)37(33,34)31-25(15-19-7-6-14-29-26(19)31)23-17-30(27(32)36-28(2,3)4)24-13-10-20(35-5)16-22(23)24/h6-17H,1-5H3. The number of methoxy groups -OCH3 is 1. The molecule has 0 amide bonds. The maximum absolute atomic E-state index is 14.0. The number of ether oxygens (including phenoxy) is 2. The van der Waals surface area contributed by atoms with Gasteiger partial charge in [0.1, 0.15) is 11.4 Å². The van der Waals surface area contributed by atoms with Crippen LogP contribution >= 0.6 is 0 Å². The summed E-state index contributed by atoms with van der Waals surface area (Å²) in [7, 11) is -2.49. The first-order valence-electron chi connectivity index (χ1n) is 11.7. The highest BCUT2D eigenvalue weighted by atomic mass is 32.2. The van der Waals surface area contributed by atoms with Crippen molar-refractivity contribution in [1.82, 2.24) is 13.5 Å². The molecule has 5 aromatic rings. The van der Waals surface area contributed by atoms with Crippen molar-refractivity contribution in [2.75, 3.05) is 7.11 Å². The summed E-state index contributed by atoms with van der Waals surface area (Å²) in [6.07, 6.45) is 2.59. The molecule has 37 heavy (non-hydrogen) atoms. The summed E-state index contributed by atoms with van der Waals surface area (Å²) in [5.74, 6) is 0.567. The summed E-state index contributed by atoms with van der Waals surface area (Å²) < 4.78 is 41.7. The number of rotatable bonds is 4. The van der Waals surface area contributed by atoms with Crippen LogP contribution < -0.4 is 4.74 Å². The van der Waals surface area contributed by atoms with E-state index in [1.54, 1.807) is 101 Å². The molecule has 9 heteroatoms. The Bertz CT molecular complexity index is 1760. The van der Waals surface area contributed by atoms with Crippen molar-refractivity contribution in [3.63, 3.8) is 0 Å². The number of aryl methyl sites for hydroxylation is 1. The Kier molecular flexibility index (Phi) is 5.83. The highest BCUT2D eigenvalue weighted by Crippen LogP contribution is 2.38. The molecule has 0 aliphatic heterocycles. The molecule has 0 aliphatic rings. The Labute approximate surface area is 215 Å². The van der Waals surface area contributed by atoms with E-state index in [-0.39, 0.29) is 4.90 Å². The molecule has 0 saturated heterocycles. The van der Waals surface area contributed by atoms with E-state index < -0.39 is 21.7 Å². The first-order chi connectivity index (χ1) is 17.5. The summed E-state index contributed by atoms with van der Waals surface area (Å²) in [5.41, 5.74) is 1.97. The van der Waals surface area contributed by atoms with E-state index >= 15 is 0 Å². The minimum Gasteiger partial charge on any atom is -0.497 e. The number of benzene rings is 2. The number of pyridine rings is 1. The number of hydrogen-bond acceptors (Lipinski definition) is 6. The van der Waals surface area contributed by atoms with E-state index in [1.807, 2.05) is 6.92 Å². The van der Waals surface area contributed by atoms with Crippen LogP contribution in [0.25, 0.3) is 33.2 Å². The van der Waals surface area contributed by atoms with Gasteiger partial charge in [-0.3, -0.25) is 4.57 Å². The summed E-state index contributed by atoms with van der Waals surface area (Å²) in [5, 5.41) is 1.28. The van der Waals surface area contributed by atoms with Crippen molar-refractivity contribution >= 4 is 38.1 Å². The van der Waals surface area contributed by atoms with E-state index in [9.17, 15) is 13.2 Å². The quantitative estimate of drug-likeness (QED) is 0.291. The van der Waals surface area contributed by atoms with Crippen molar-refractivity contribution in [2.24, 2.45) is 0 Å². The van der Waals surface area contributed by atoms with Gasteiger partial charge >= 0.3 is 6.09 Å². The van der Waals surface area contributed by atoms with Gasteiger partial charge in [-0.15, -0.1) is 0 Å². The molecule has 0 N–H and O–H groups in total. The van der Waals surface area contributed by atoms with Crippen LogP contribution in [0.3, 0.4) is 0 Å². The van der Waals surface area contributed by atoms with Crippen LogP contribution in [-0.4, -0.2) is 40.7 Å². The van der Waals surface area contributed by atoms with Gasteiger partial charge < -0.3 is 9.47 Å². The van der Waals surface area contributed by atoms with Crippen LogP contribution in [0.1, 0.15) is 26.3 Å². The minimum atomic E-state index is -4.04. The molecule has 0 saturated carbocycles. The minimum absolute atomic E-state index is 0.135. The third-order valence-corrected chi connectivity index (χ3v) is 7.68. The number of aromatic nitrogens is 3. The van der Waals surface area contributed by atoms with Crippen molar-refractivity contribution in [1.29, 1.82) is 0 Å². The topological polar surface area (TPSA) is 92.4 Å². The largest absolute Gasteiger partial charge is 0.497 e. The molecule has 0 fully saturated rings. The molecule has 190 valence electrons. The Hall–Kier alpha value is -4.11. The van der Waals surface area contributed by atoms with Crippen LogP contribution in [0, 0.1) is 6.92 Å². The second kappa shape index (κ2) is 8.77. The number of hydrogen-bond donors (Lipinski definition) is 0. The predicted molar refractivity (Wildman–Crippen MR) is 143 cm³/mol. The smallest absolute Gasteiger partial charge is 0.419 e. The summed E-state index contributed by atoms with van der Waals surface area (Å²) in [6.45, 7) is 7.27. The van der Waals surface area contributed by atoms with Gasteiger partial charge in [0, 0.05) is 28.7 Å². The van der Waals surface area contributed by atoms with Crippen LogP contribution in [-0.2, 0) is 14.8 Å². The van der Waals surface area contributed by atoms with E-state index in [4.69, 9.17) is 9.47 Å². The van der Waals surface area contributed by atoms with Crippen molar-refractivity contribution in [3.05, 3.63) is 78.6 Å². The molecule has 0 bridgehead atoms. The number of fused-ring (bicyclic) bond motifs is 2. The van der Waals surface area contributed by atoms with Gasteiger partial charge in [0.2, 0.25) is 0 Å². The van der Waals surface area contributed by atoms with Gasteiger partial charge in [-0.25, -0.2) is 22.2 Å². The van der Waals surface area contributed by atoms with Gasteiger partial charge in [-0.05, 0) is 76.2 Å². The van der Waals surface area contributed by atoms with Gasteiger partial charge in [-0.2, -0.15) is 0 Å². The Balaban J connectivity index is 1.83. The maximum atomic E-state index is 14.0. The van der Waals surface area contributed by atoms with Crippen molar-refractivity contribution in [2.45, 2.75) is 38.2 Å². The number of nitrogens with zero attached hydrogens (tertiary/aromatic N) is 3. The lowest BCUT2D eigenvalue weighted by Gasteiger charge is -2.19. The monoisotopic (exact) mass is 517 g/mol. The normalized spacial score (nSPS) is 12.2. The molecule has 0 radical (unpaired) electrons. The molecule has 5 rings (SSSR count). The SMILES string of the molecule is COc1ccc2c(c1)c(-c1cc3cccnc3n1S(=O)(=O)c1ccc(C)cc1)cn2C(=O)OC(C)(C)C. The second-order valence-electron chi connectivity index (χ2n) is 9.80. The molecule has 0 atom stereocenters. The van der Waals surface area contributed by atoms with Gasteiger partial charge in [-0.1, -0.05) is 17.7 Å². The predicted octanol–water partition coefficient (Wildman–Crippen LogP) is 6.00.